The first kappa shape index (κ1) is 20.5. The quantitative estimate of drug-likeness (QED) is 0.420. The summed E-state index contributed by atoms with van der Waals surface area (Å²) in [6.07, 6.45) is 3.51. The summed E-state index contributed by atoms with van der Waals surface area (Å²) in [7, 11) is 0. The molecular formula is C21H22N6OS2. The summed E-state index contributed by atoms with van der Waals surface area (Å²) in [4.78, 5) is 21.4. The maximum absolute atomic E-state index is 12.8. The molecule has 0 aliphatic heterocycles. The van der Waals surface area contributed by atoms with Gasteiger partial charge in [-0.1, -0.05) is 49.1 Å². The Morgan fingerprint density at radius 2 is 2.00 bits per heavy atom. The average molecular weight is 439 g/mol. The van der Waals surface area contributed by atoms with Crippen LogP contribution in [0.15, 0.2) is 53.9 Å². The number of carbonyl (C=O) groups excluding carboxylic acids is 1. The van der Waals surface area contributed by atoms with E-state index in [-0.39, 0.29) is 11.2 Å². The van der Waals surface area contributed by atoms with Crippen molar-refractivity contribution in [1.29, 1.82) is 0 Å². The van der Waals surface area contributed by atoms with E-state index in [4.69, 9.17) is 0 Å². The highest BCUT2D eigenvalue weighted by Crippen LogP contribution is 2.29. The lowest BCUT2D eigenvalue weighted by Crippen LogP contribution is -2.23. The first-order chi connectivity index (χ1) is 14.5. The molecule has 154 valence electrons. The van der Waals surface area contributed by atoms with Crippen molar-refractivity contribution in [2.45, 2.75) is 37.7 Å². The van der Waals surface area contributed by atoms with E-state index in [0.29, 0.717) is 11.0 Å². The lowest BCUT2D eigenvalue weighted by molar-refractivity contribution is -0.115. The van der Waals surface area contributed by atoms with Crippen LogP contribution in [0.1, 0.15) is 20.8 Å². The smallest absolute Gasteiger partial charge is 0.239 e. The Balaban J connectivity index is 1.52. The minimum atomic E-state index is -0.353. The van der Waals surface area contributed by atoms with Gasteiger partial charge in [-0.3, -0.25) is 9.78 Å². The van der Waals surface area contributed by atoms with Crippen LogP contribution in [0.5, 0.6) is 0 Å². The number of thiazole rings is 1. The summed E-state index contributed by atoms with van der Waals surface area (Å²) in [5.41, 5.74) is 1.79. The number of aromatic nitrogens is 5. The Labute approximate surface area is 183 Å². The number of nitrogens with zero attached hydrogens (tertiary/aromatic N) is 5. The van der Waals surface area contributed by atoms with Crippen molar-refractivity contribution >= 4 is 44.4 Å². The van der Waals surface area contributed by atoms with Crippen molar-refractivity contribution < 1.29 is 4.79 Å². The Bertz CT molecular complexity index is 1120. The van der Waals surface area contributed by atoms with E-state index < -0.39 is 0 Å². The first-order valence-corrected chi connectivity index (χ1v) is 11.4. The van der Waals surface area contributed by atoms with Crippen LogP contribution in [0, 0.1) is 5.92 Å². The van der Waals surface area contributed by atoms with E-state index in [2.05, 4.69) is 43.9 Å². The van der Waals surface area contributed by atoms with Gasteiger partial charge >= 0.3 is 0 Å². The third-order valence-electron chi connectivity index (χ3n) is 4.36. The number of thioether (sulfide) groups is 1. The van der Waals surface area contributed by atoms with Crippen LogP contribution in [-0.4, -0.2) is 35.9 Å². The third kappa shape index (κ3) is 4.52. The van der Waals surface area contributed by atoms with Crippen LogP contribution in [-0.2, 0) is 11.3 Å². The second kappa shape index (κ2) is 8.93. The van der Waals surface area contributed by atoms with Crippen molar-refractivity contribution in [2.24, 2.45) is 5.92 Å². The molecule has 7 nitrogen and oxygen atoms in total. The zero-order chi connectivity index (χ0) is 21.1. The second-order valence-corrected chi connectivity index (χ2v) is 9.63. The predicted molar refractivity (Wildman–Crippen MR) is 122 cm³/mol. The number of pyridine rings is 1. The van der Waals surface area contributed by atoms with Gasteiger partial charge in [0.1, 0.15) is 0 Å². The fraction of sp³-hybridized carbons (Fsp3) is 0.286. The molecule has 30 heavy (non-hydrogen) atoms. The summed E-state index contributed by atoms with van der Waals surface area (Å²) in [5, 5.41) is 12.6. The molecule has 3 aromatic heterocycles. The molecule has 4 aromatic rings. The zero-order valence-corrected chi connectivity index (χ0v) is 18.6. The van der Waals surface area contributed by atoms with Crippen LogP contribution in [0.4, 0.5) is 5.13 Å². The molecule has 0 aliphatic carbocycles. The van der Waals surface area contributed by atoms with Gasteiger partial charge in [0.15, 0.2) is 16.1 Å². The van der Waals surface area contributed by atoms with Crippen LogP contribution in [0.25, 0.3) is 21.6 Å². The molecule has 1 atom stereocenters. The highest BCUT2D eigenvalue weighted by molar-refractivity contribution is 8.00. The zero-order valence-electron chi connectivity index (χ0n) is 16.9. The molecule has 0 bridgehead atoms. The molecule has 4 rings (SSSR count). The van der Waals surface area contributed by atoms with E-state index in [1.807, 2.05) is 43.3 Å². The topological polar surface area (TPSA) is 85.6 Å². The highest BCUT2D eigenvalue weighted by Gasteiger charge is 2.22. The Morgan fingerprint density at radius 3 is 2.73 bits per heavy atom. The van der Waals surface area contributed by atoms with Gasteiger partial charge in [-0.25, -0.2) is 4.98 Å². The van der Waals surface area contributed by atoms with E-state index in [0.717, 1.165) is 33.3 Å². The van der Waals surface area contributed by atoms with Gasteiger partial charge in [0.25, 0.3) is 0 Å². The summed E-state index contributed by atoms with van der Waals surface area (Å²) in [5.74, 6) is 1.06. The molecule has 0 radical (unpaired) electrons. The van der Waals surface area contributed by atoms with Gasteiger partial charge in [0.05, 0.1) is 15.5 Å². The lowest BCUT2D eigenvalue weighted by atomic mass is 10.2. The summed E-state index contributed by atoms with van der Waals surface area (Å²) < 4.78 is 3.11. The maximum Gasteiger partial charge on any atom is 0.239 e. The molecule has 0 fully saturated rings. The molecule has 0 saturated carbocycles. The number of anilines is 1. The van der Waals surface area contributed by atoms with Gasteiger partial charge in [0.2, 0.25) is 5.91 Å². The average Bonchev–Trinajstić information content (AvgIpc) is 3.31. The summed E-state index contributed by atoms with van der Waals surface area (Å²) >= 11 is 2.87. The number of rotatable bonds is 7. The van der Waals surface area contributed by atoms with Crippen LogP contribution in [0.3, 0.4) is 0 Å². The van der Waals surface area contributed by atoms with Crippen molar-refractivity contribution in [1.82, 2.24) is 24.7 Å². The Morgan fingerprint density at radius 1 is 1.17 bits per heavy atom. The van der Waals surface area contributed by atoms with Gasteiger partial charge < -0.3 is 9.88 Å². The molecule has 0 spiro atoms. The molecule has 0 aliphatic rings. The molecule has 1 amide bonds. The Hall–Kier alpha value is -2.78. The number of hydrogen-bond donors (Lipinski definition) is 1. The van der Waals surface area contributed by atoms with Crippen LogP contribution < -0.4 is 5.32 Å². The van der Waals surface area contributed by atoms with Crippen LogP contribution in [0.2, 0.25) is 0 Å². The number of para-hydroxylation sites is 1. The van der Waals surface area contributed by atoms with E-state index in [1.54, 1.807) is 12.4 Å². The molecule has 0 saturated heterocycles. The molecule has 1 aromatic carbocycles. The monoisotopic (exact) mass is 438 g/mol. The summed E-state index contributed by atoms with van der Waals surface area (Å²) in [6, 6.07) is 11.7. The molecule has 1 N–H and O–H groups in total. The standard InChI is InChI=1S/C21H22N6OS2/c1-13(2)12-27-18(15-7-6-10-22-11-15)25-26-21(27)29-14(3)19(28)24-20-23-16-8-4-5-9-17(16)30-20/h4-11,13-14H,12H2,1-3H3,(H,23,24,28)/t14-/m0/s1. The number of carbonyl (C=O) groups is 1. The first-order valence-electron chi connectivity index (χ1n) is 9.68. The minimum Gasteiger partial charge on any atom is -0.302 e. The molecule has 3 heterocycles. The largest absolute Gasteiger partial charge is 0.302 e. The van der Waals surface area contributed by atoms with Crippen LogP contribution >= 0.6 is 23.1 Å². The van der Waals surface area contributed by atoms with E-state index in [9.17, 15) is 4.79 Å². The molecular weight excluding hydrogens is 416 g/mol. The number of fused-ring (bicyclic) bond motifs is 1. The number of benzene rings is 1. The van der Waals surface area contributed by atoms with E-state index >= 15 is 0 Å². The highest BCUT2D eigenvalue weighted by atomic mass is 32.2. The molecule has 0 unspecified atom stereocenters. The van der Waals surface area contributed by atoms with Crippen molar-refractivity contribution in [2.75, 3.05) is 5.32 Å². The Kier molecular flexibility index (Phi) is 6.10. The summed E-state index contributed by atoms with van der Waals surface area (Å²) in [6.45, 7) is 6.91. The van der Waals surface area contributed by atoms with Gasteiger partial charge in [-0.15, -0.1) is 10.2 Å². The van der Waals surface area contributed by atoms with Crippen molar-refractivity contribution in [3.63, 3.8) is 0 Å². The number of hydrogen-bond acceptors (Lipinski definition) is 7. The molecule has 9 heteroatoms. The minimum absolute atomic E-state index is 0.110. The number of nitrogens with one attached hydrogen (secondary N) is 1. The van der Waals surface area contributed by atoms with Crippen molar-refractivity contribution in [3.8, 4) is 11.4 Å². The van der Waals surface area contributed by atoms with Gasteiger partial charge in [-0.05, 0) is 37.1 Å². The van der Waals surface area contributed by atoms with E-state index in [1.165, 1.54) is 23.1 Å². The normalized spacial score (nSPS) is 12.4. The SMILES string of the molecule is CC(C)Cn1c(S[C@@H](C)C(=O)Nc2nc3ccccc3s2)nnc1-c1cccnc1. The van der Waals surface area contributed by atoms with Crippen molar-refractivity contribution in [3.05, 3.63) is 48.8 Å². The maximum atomic E-state index is 12.8. The number of amides is 1. The third-order valence-corrected chi connectivity index (χ3v) is 6.39. The fourth-order valence-electron chi connectivity index (χ4n) is 2.96. The fourth-order valence-corrected chi connectivity index (χ4v) is 4.69. The second-order valence-electron chi connectivity index (χ2n) is 7.29. The van der Waals surface area contributed by atoms with Gasteiger partial charge in [-0.2, -0.15) is 0 Å². The van der Waals surface area contributed by atoms with Gasteiger partial charge in [0, 0.05) is 24.5 Å². The predicted octanol–water partition coefficient (Wildman–Crippen LogP) is 4.73. The lowest BCUT2D eigenvalue weighted by Gasteiger charge is -2.14.